The summed E-state index contributed by atoms with van der Waals surface area (Å²) < 4.78 is 5.77. The van der Waals surface area contributed by atoms with Crippen molar-refractivity contribution in [3.8, 4) is 5.75 Å². The molecule has 184 valence electrons. The predicted molar refractivity (Wildman–Crippen MR) is 143 cm³/mol. The van der Waals surface area contributed by atoms with Gasteiger partial charge in [0.25, 0.3) is 5.91 Å². The van der Waals surface area contributed by atoms with Crippen LogP contribution in [0.25, 0.3) is 5.57 Å². The van der Waals surface area contributed by atoms with E-state index in [1.165, 1.54) is 11.6 Å². The summed E-state index contributed by atoms with van der Waals surface area (Å²) in [6.07, 6.45) is 4.20. The molecule has 1 unspecified atom stereocenters. The molecule has 3 aromatic rings. The molecule has 1 atom stereocenters. The summed E-state index contributed by atoms with van der Waals surface area (Å²) in [5.41, 5.74) is 6.03. The average Bonchev–Trinajstić information content (AvgIpc) is 2.84. The van der Waals surface area contributed by atoms with E-state index >= 15 is 0 Å². The highest BCUT2D eigenvalue weighted by Crippen LogP contribution is 2.30. The van der Waals surface area contributed by atoms with Crippen LogP contribution < -0.4 is 15.4 Å². The molecule has 36 heavy (non-hydrogen) atoms. The summed E-state index contributed by atoms with van der Waals surface area (Å²) >= 11 is 0. The van der Waals surface area contributed by atoms with Gasteiger partial charge in [-0.3, -0.25) is 9.59 Å². The highest BCUT2D eigenvalue weighted by Gasteiger charge is 2.26. The maximum Gasteiger partial charge on any atom is 0.253 e. The third kappa shape index (κ3) is 6.09. The first kappa shape index (κ1) is 24.9. The van der Waals surface area contributed by atoms with Gasteiger partial charge in [-0.15, -0.1) is 0 Å². The van der Waals surface area contributed by atoms with E-state index in [9.17, 15) is 14.7 Å². The molecule has 4 rings (SSSR count). The smallest absolute Gasteiger partial charge is 0.253 e. The van der Waals surface area contributed by atoms with E-state index in [2.05, 4.69) is 34.9 Å². The van der Waals surface area contributed by atoms with Gasteiger partial charge < -0.3 is 20.5 Å². The molecule has 3 N–H and O–H groups in total. The lowest BCUT2D eigenvalue weighted by Gasteiger charge is -2.23. The molecule has 0 aliphatic carbocycles. The highest BCUT2D eigenvalue weighted by atomic mass is 16.5. The zero-order valence-electron chi connectivity index (χ0n) is 20.6. The van der Waals surface area contributed by atoms with Gasteiger partial charge in [0.1, 0.15) is 11.9 Å². The van der Waals surface area contributed by atoms with Gasteiger partial charge in [-0.05, 0) is 61.7 Å². The van der Waals surface area contributed by atoms with Crippen LogP contribution in [0.1, 0.15) is 36.1 Å². The van der Waals surface area contributed by atoms with Crippen molar-refractivity contribution in [1.29, 1.82) is 0 Å². The summed E-state index contributed by atoms with van der Waals surface area (Å²) in [5.74, 6) is 0.0536. The number of carbonyl (C=O) groups excluding carboxylic acids is 2. The minimum atomic E-state index is -1.14. The molecule has 6 nitrogen and oxygen atoms in total. The molecule has 0 aromatic heterocycles. The molecule has 3 aromatic carbocycles. The van der Waals surface area contributed by atoms with Gasteiger partial charge in [0, 0.05) is 29.4 Å². The Kier molecular flexibility index (Phi) is 7.66. The van der Waals surface area contributed by atoms with Gasteiger partial charge in [-0.25, -0.2) is 0 Å². The number of aliphatic hydroxyl groups is 1. The minimum Gasteiger partial charge on any atom is -0.491 e. The number of rotatable bonds is 7. The maximum absolute atomic E-state index is 12.7. The lowest BCUT2D eigenvalue weighted by atomic mass is 9.96. The Morgan fingerprint density at radius 1 is 1.06 bits per heavy atom. The number of hydrogen-bond acceptors (Lipinski definition) is 4. The first-order chi connectivity index (χ1) is 17.3. The van der Waals surface area contributed by atoms with E-state index in [0.29, 0.717) is 16.9 Å². The van der Waals surface area contributed by atoms with Crippen molar-refractivity contribution < 1.29 is 19.4 Å². The molecule has 6 heteroatoms. The number of carbonyl (C=O) groups is 2. The van der Waals surface area contributed by atoms with Crippen molar-refractivity contribution in [2.75, 3.05) is 10.6 Å². The van der Waals surface area contributed by atoms with Gasteiger partial charge in [0.2, 0.25) is 5.91 Å². The van der Waals surface area contributed by atoms with Crippen molar-refractivity contribution in [2.24, 2.45) is 0 Å². The van der Waals surface area contributed by atoms with E-state index in [0.717, 1.165) is 22.4 Å². The predicted octanol–water partition coefficient (Wildman–Crippen LogP) is 5.26. The second kappa shape index (κ2) is 11.1. The third-order valence-corrected chi connectivity index (χ3v) is 5.80. The molecule has 0 bridgehead atoms. The maximum atomic E-state index is 12.7. The van der Waals surface area contributed by atoms with Crippen molar-refractivity contribution in [3.63, 3.8) is 0 Å². The zero-order valence-corrected chi connectivity index (χ0v) is 20.6. The van der Waals surface area contributed by atoms with Crippen LogP contribution in [0.5, 0.6) is 5.75 Å². The Labute approximate surface area is 211 Å². The van der Waals surface area contributed by atoms with Crippen LogP contribution >= 0.6 is 0 Å². The van der Waals surface area contributed by atoms with E-state index in [1.54, 1.807) is 24.3 Å². The number of hydrogen-bond donors (Lipinski definition) is 3. The van der Waals surface area contributed by atoms with Crippen LogP contribution in [0.15, 0.2) is 85.0 Å². The molecule has 0 saturated heterocycles. The monoisotopic (exact) mass is 482 g/mol. The van der Waals surface area contributed by atoms with Crippen LogP contribution in [-0.4, -0.2) is 29.1 Å². The van der Waals surface area contributed by atoms with Gasteiger partial charge in [0.15, 0.2) is 0 Å². The number of allylic oxidation sites excluding steroid dienone is 2. The molecule has 0 saturated carbocycles. The molecule has 0 fully saturated rings. The summed E-state index contributed by atoms with van der Waals surface area (Å²) in [7, 11) is 0. The quantitative estimate of drug-likeness (QED) is 0.316. The second-order valence-electron chi connectivity index (χ2n) is 9.03. The summed E-state index contributed by atoms with van der Waals surface area (Å²) in [6.45, 7) is 6.03. The third-order valence-electron chi connectivity index (χ3n) is 5.80. The van der Waals surface area contributed by atoms with Crippen LogP contribution in [0.2, 0.25) is 0 Å². The molecular weight excluding hydrogens is 452 g/mol. The van der Waals surface area contributed by atoms with Crippen molar-refractivity contribution in [1.82, 2.24) is 0 Å². The van der Waals surface area contributed by atoms with Crippen molar-refractivity contribution in [3.05, 3.63) is 107 Å². The van der Waals surface area contributed by atoms with Gasteiger partial charge in [0.05, 0.1) is 6.10 Å². The van der Waals surface area contributed by atoms with Gasteiger partial charge in [-0.2, -0.15) is 0 Å². The normalized spacial score (nSPS) is 15.5. The Morgan fingerprint density at radius 2 is 1.72 bits per heavy atom. The summed E-state index contributed by atoms with van der Waals surface area (Å²) in [6, 6.07) is 21.4. The highest BCUT2D eigenvalue weighted by molar-refractivity contribution is 6.03. The topological polar surface area (TPSA) is 87.7 Å². The molecule has 1 aliphatic rings. The number of aliphatic hydroxyl groups excluding tert-OH is 1. The molecule has 1 heterocycles. The Morgan fingerprint density at radius 3 is 2.39 bits per heavy atom. The number of aryl methyl sites for hydroxylation is 1. The first-order valence-electron chi connectivity index (χ1n) is 11.9. The van der Waals surface area contributed by atoms with Crippen molar-refractivity contribution >= 4 is 28.8 Å². The van der Waals surface area contributed by atoms with Crippen LogP contribution in [0.3, 0.4) is 0 Å². The first-order valence-corrected chi connectivity index (χ1v) is 11.9. The minimum absolute atomic E-state index is 0.0964. The SMILES string of the molecule is Cc1ccc(C(=CC=CC(=O)Nc2cccc3c2CC(O)C(=O)N3)c2ccc(OC(C)C)cc2)cc1. The van der Waals surface area contributed by atoms with Crippen LogP contribution in [0, 0.1) is 6.92 Å². The van der Waals surface area contributed by atoms with Gasteiger partial charge >= 0.3 is 0 Å². The van der Waals surface area contributed by atoms with E-state index in [4.69, 9.17) is 4.74 Å². The lowest BCUT2D eigenvalue weighted by Crippen LogP contribution is -2.34. The number of benzene rings is 3. The van der Waals surface area contributed by atoms with Crippen LogP contribution in [0.4, 0.5) is 11.4 Å². The molecule has 0 radical (unpaired) electrons. The lowest BCUT2D eigenvalue weighted by molar-refractivity contribution is -0.124. The molecular formula is C30H30N2O4. The van der Waals surface area contributed by atoms with Gasteiger partial charge in [-0.1, -0.05) is 60.2 Å². The Balaban J connectivity index is 1.56. The number of nitrogens with one attached hydrogen (secondary N) is 2. The van der Waals surface area contributed by atoms with E-state index in [-0.39, 0.29) is 18.4 Å². The largest absolute Gasteiger partial charge is 0.491 e. The number of fused-ring (bicyclic) bond motifs is 1. The Hall–Kier alpha value is -4.16. The number of amides is 2. The molecule has 2 amide bonds. The summed E-state index contributed by atoms with van der Waals surface area (Å²) in [5, 5.41) is 15.4. The van der Waals surface area contributed by atoms with Crippen molar-refractivity contribution in [2.45, 2.75) is 39.4 Å². The number of ether oxygens (including phenoxy) is 1. The summed E-state index contributed by atoms with van der Waals surface area (Å²) in [4.78, 5) is 24.4. The number of anilines is 2. The average molecular weight is 483 g/mol. The second-order valence-corrected chi connectivity index (χ2v) is 9.03. The zero-order chi connectivity index (χ0) is 25.7. The van der Waals surface area contributed by atoms with Crippen LogP contribution in [-0.2, 0) is 16.0 Å². The van der Waals surface area contributed by atoms with E-state index < -0.39 is 12.0 Å². The molecule has 1 aliphatic heterocycles. The molecule has 0 spiro atoms. The fraction of sp³-hybridized carbons (Fsp3) is 0.200. The Bertz CT molecular complexity index is 1310. The fourth-order valence-corrected chi connectivity index (χ4v) is 4.03. The van der Waals surface area contributed by atoms with E-state index in [1.807, 2.05) is 51.1 Å². The fourth-order valence-electron chi connectivity index (χ4n) is 4.03. The standard InChI is InChI=1S/C30H30N2O4/c1-19(2)36-23-16-14-22(15-17-23)24(21-12-10-20(3)11-13-21)6-4-9-29(34)31-26-7-5-8-27-25(26)18-28(33)30(35)32-27/h4-17,19,28,33H,18H2,1-3H3,(H,31,34)(H,32,35).